The average molecular weight is 696 g/mol. The van der Waals surface area contributed by atoms with Crippen LogP contribution in [-0.4, -0.2) is 36.8 Å². The third-order valence-corrected chi connectivity index (χ3v) is 9.63. The first-order chi connectivity index (χ1) is 22.6. The van der Waals surface area contributed by atoms with E-state index >= 15 is 0 Å². The molecular formula is C37H44Cl2N4O5. The van der Waals surface area contributed by atoms with Crippen LogP contribution in [0.4, 0.5) is 11.4 Å². The maximum absolute atomic E-state index is 13.5. The molecule has 0 spiro atoms. The Hall–Kier alpha value is -4.08. The van der Waals surface area contributed by atoms with E-state index in [0.29, 0.717) is 23.6 Å². The zero-order chi connectivity index (χ0) is 35.4. The molecule has 0 aromatic heterocycles. The van der Waals surface area contributed by atoms with Gasteiger partial charge in [0.2, 0.25) is 0 Å². The van der Waals surface area contributed by atoms with Crippen LogP contribution in [0.5, 0.6) is 11.5 Å². The topological polar surface area (TPSA) is 109 Å². The van der Waals surface area contributed by atoms with Crippen LogP contribution in [-0.2, 0) is 20.4 Å². The second kappa shape index (κ2) is 15.0. The van der Waals surface area contributed by atoms with Crippen molar-refractivity contribution in [1.29, 1.82) is 0 Å². The molecule has 4 rings (SSSR count). The lowest BCUT2D eigenvalue weighted by Crippen LogP contribution is -2.33. The number of hydrazone groups is 1. The van der Waals surface area contributed by atoms with Gasteiger partial charge in [-0.2, -0.15) is 10.1 Å². The number of nitrogens with zero attached hydrogens (tertiary/aromatic N) is 2. The summed E-state index contributed by atoms with van der Waals surface area (Å²) in [5.74, 6) is -0.0110. The molecule has 0 fully saturated rings. The number of anilines is 2. The summed E-state index contributed by atoms with van der Waals surface area (Å²) in [6.07, 6.45) is 1.41. The smallest absolute Gasteiger partial charge is 0.265 e. The second-order valence-electron chi connectivity index (χ2n) is 13.1. The van der Waals surface area contributed by atoms with Crippen molar-refractivity contribution < 1.29 is 23.9 Å². The number of methoxy groups -OCH3 is 1. The molecule has 2 N–H and O–H groups in total. The summed E-state index contributed by atoms with van der Waals surface area (Å²) in [4.78, 5) is 39.5. The van der Waals surface area contributed by atoms with Gasteiger partial charge in [-0.1, -0.05) is 89.9 Å². The van der Waals surface area contributed by atoms with E-state index in [9.17, 15) is 14.4 Å². The van der Waals surface area contributed by atoms with Crippen LogP contribution >= 0.6 is 23.2 Å². The molecule has 11 heteroatoms. The van der Waals surface area contributed by atoms with Gasteiger partial charge in [-0.25, -0.2) is 0 Å². The van der Waals surface area contributed by atoms with Crippen molar-refractivity contribution in [2.75, 3.05) is 17.4 Å². The zero-order valence-corrected chi connectivity index (χ0v) is 30.3. The quantitative estimate of drug-likeness (QED) is 0.197. The van der Waals surface area contributed by atoms with E-state index in [1.165, 1.54) is 24.8 Å². The predicted molar refractivity (Wildman–Crippen MR) is 193 cm³/mol. The van der Waals surface area contributed by atoms with Crippen LogP contribution in [0.25, 0.3) is 0 Å². The van der Waals surface area contributed by atoms with Crippen molar-refractivity contribution in [2.45, 2.75) is 91.1 Å². The van der Waals surface area contributed by atoms with Crippen molar-refractivity contribution in [3.63, 3.8) is 0 Å². The lowest BCUT2D eigenvalue weighted by Gasteiger charge is -2.31. The van der Waals surface area contributed by atoms with Crippen LogP contribution in [0.1, 0.15) is 95.6 Å². The number of halogens is 2. The van der Waals surface area contributed by atoms with Crippen LogP contribution in [0.2, 0.25) is 10.0 Å². The number of hydrogen-bond acceptors (Lipinski definition) is 6. The molecule has 0 radical (unpaired) electrons. The molecule has 3 aromatic carbocycles. The number of amides is 3. The number of rotatable bonds is 12. The Morgan fingerprint density at radius 1 is 0.938 bits per heavy atom. The Balaban J connectivity index is 1.49. The van der Waals surface area contributed by atoms with Gasteiger partial charge in [0.25, 0.3) is 17.7 Å². The number of carbonyl (C=O) groups excluding carboxylic acids is 3. The van der Waals surface area contributed by atoms with Crippen molar-refractivity contribution in [2.24, 2.45) is 5.10 Å². The molecule has 48 heavy (non-hydrogen) atoms. The van der Waals surface area contributed by atoms with Crippen molar-refractivity contribution >= 4 is 58.1 Å². The van der Waals surface area contributed by atoms with Crippen LogP contribution in [0, 0.1) is 0 Å². The summed E-state index contributed by atoms with van der Waals surface area (Å²) in [5.41, 5.74) is 3.02. The van der Waals surface area contributed by atoms with E-state index < -0.39 is 17.9 Å². The largest absolute Gasteiger partial charge is 0.497 e. The minimum absolute atomic E-state index is 0.00714. The zero-order valence-electron chi connectivity index (χ0n) is 28.8. The van der Waals surface area contributed by atoms with E-state index in [4.69, 9.17) is 32.7 Å². The molecule has 0 saturated heterocycles. The summed E-state index contributed by atoms with van der Waals surface area (Å²) in [7, 11) is 1.47. The Labute approximate surface area is 293 Å². The predicted octanol–water partition coefficient (Wildman–Crippen LogP) is 8.65. The highest BCUT2D eigenvalue weighted by atomic mass is 35.5. The van der Waals surface area contributed by atoms with Gasteiger partial charge in [0.1, 0.15) is 23.0 Å². The Kier molecular flexibility index (Phi) is 11.5. The molecule has 256 valence electrons. The molecule has 0 bridgehead atoms. The van der Waals surface area contributed by atoms with Gasteiger partial charge in [0, 0.05) is 28.9 Å². The van der Waals surface area contributed by atoms with Crippen molar-refractivity contribution in [1.82, 2.24) is 5.32 Å². The fraction of sp³-hybridized carbons (Fsp3) is 0.405. The van der Waals surface area contributed by atoms with Gasteiger partial charge in [-0.3, -0.25) is 14.4 Å². The summed E-state index contributed by atoms with van der Waals surface area (Å²) >= 11 is 12.7. The van der Waals surface area contributed by atoms with Gasteiger partial charge in [0.05, 0.1) is 23.6 Å². The number of amidine groups is 1. The van der Waals surface area contributed by atoms with E-state index in [1.54, 1.807) is 24.3 Å². The first-order valence-electron chi connectivity index (χ1n) is 16.1. The monoisotopic (exact) mass is 694 g/mol. The first-order valence-corrected chi connectivity index (χ1v) is 16.9. The SMILES string of the molecule is CCC(Oc1ccc(C(C)(C)CC)cc1C(C)(C)CC)C(=O)Nc1cccc(C(=O)NC2=NN(c3c(Cl)cc(OC)cc3Cl)C(=O)C2)c1. The molecule has 1 heterocycles. The maximum atomic E-state index is 13.5. The molecule has 1 unspecified atom stereocenters. The fourth-order valence-corrected chi connectivity index (χ4v) is 5.78. The van der Waals surface area contributed by atoms with E-state index in [2.05, 4.69) is 69.4 Å². The highest BCUT2D eigenvalue weighted by molar-refractivity contribution is 6.40. The number of hydrogen-bond donors (Lipinski definition) is 2. The third-order valence-electron chi connectivity index (χ3n) is 9.05. The maximum Gasteiger partial charge on any atom is 0.265 e. The van der Waals surface area contributed by atoms with Gasteiger partial charge >= 0.3 is 0 Å². The summed E-state index contributed by atoms with van der Waals surface area (Å²) < 4.78 is 11.6. The Bertz CT molecular complexity index is 1710. The fourth-order valence-electron chi connectivity index (χ4n) is 5.15. The average Bonchev–Trinajstić information content (AvgIpc) is 3.41. The van der Waals surface area contributed by atoms with E-state index in [0.717, 1.165) is 23.4 Å². The van der Waals surface area contributed by atoms with Crippen LogP contribution in [0.15, 0.2) is 59.7 Å². The number of ether oxygens (including phenoxy) is 2. The number of benzene rings is 3. The lowest BCUT2D eigenvalue weighted by molar-refractivity contribution is -0.123. The summed E-state index contributed by atoms with van der Waals surface area (Å²) in [5, 5.41) is 11.2. The minimum Gasteiger partial charge on any atom is -0.497 e. The summed E-state index contributed by atoms with van der Waals surface area (Å²) in [6.45, 7) is 15.0. The van der Waals surface area contributed by atoms with Gasteiger partial charge in [0.15, 0.2) is 6.10 Å². The molecule has 0 aliphatic carbocycles. The van der Waals surface area contributed by atoms with Gasteiger partial charge in [-0.15, -0.1) is 0 Å². The molecular weight excluding hydrogens is 651 g/mol. The summed E-state index contributed by atoms with van der Waals surface area (Å²) in [6, 6.07) is 15.8. The number of carbonyl (C=O) groups is 3. The minimum atomic E-state index is -0.764. The highest BCUT2D eigenvalue weighted by Crippen LogP contribution is 2.40. The van der Waals surface area contributed by atoms with Crippen LogP contribution in [0.3, 0.4) is 0 Å². The molecule has 0 saturated carbocycles. The van der Waals surface area contributed by atoms with Gasteiger partial charge < -0.3 is 20.1 Å². The van der Waals surface area contributed by atoms with Crippen molar-refractivity contribution in [3.8, 4) is 11.5 Å². The molecule has 3 amide bonds. The Morgan fingerprint density at radius 2 is 1.60 bits per heavy atom. The van der Waals surface area contributed by atoms with E-state index in [1.807, 2.05) is 13.0 Å². The highest BCUT2D eigenvalue weighted by Gasteiger charge is 2.31. The standard InChI is InChI=1S/C37H44Cl2N4O5/c1-9-29(48-30-16-15-23(36(4,5)10-2)18-26(30)37(6,7)11-3)35(46)40-24-14-12-13-22(17-24)34(45)41-31-21-32(44)43(42-31)33-27(38)19-25(47-8)20-28(33)39/h12-20,29H,9-11,21H2,1-8H3,(H,40,46)(H,41,42,45). The molecule has 3 aromatic rings. The lowest BCUT2D eigenvalue weighted by atomic mass is 9.76. The van der Waals surface area contributed by atoms with Gasteiger partial charge in [-0.05, 0) is 59.9 Å². The normalized spacial score (nSPS) is 14.0. The first kappa shape index (κ1) is 36.8. The number of nitrogens with one attached hydrogen (secondary N) is 2. The molecule has 1 aliphatic rings. The van der Waals surface area contributed by atoms with Crippen LogP contribution < -0.4 is 25.1 Å². The van der Waals surface area contributed by atoms with Crippen molar-refractivity contribution in [3.05, 3.63) is 81.3 Å². The van der Waals surface area contributed by atoms with E-state index in [-0.39, 0.29) is 50.3 Å². The molecule has 1 atom stereocenters. The molecule has 1 aliphatic heterocycles. The molecule has 9 nitrogen and oxygen atoms in total. The third kappa shape index (κ3) is 8.13. The Morgan fingerprint density at radius 3 is 2.21 bits per heavy atom. The second-order valence-corrected chi connectivity index (χ2v) is 13.9.